The van der Waals surface area contributed by atoms with Crippen molar-refractivity contribution in [1.29, 1.82) is 0 Å². The number of likely N-dealkylation sites (tertiary alicyclic amines) is 1. The lowest BCUT2D eigenvalue weighted by Gasteiger charge is -2.44. The molecular formula is C40H49ClN6O4. The van der Waals surface area contributed by atoms with Crippen LogP contribution in [0.25, 0.3) is 0 Å². The summed E-state index contributed by atoms with van der Waals surface area (Å²) in [5.74, 6) is -0.728. The van der Waals surface area contributed by atoms with E-state index < -0.39 is 11.6 Å². The fraction of sp³-hybridized carbons (Fsp3) is 0.450. The van der Waals surface area contributed by atoms with Gasteiger partial charge < -0.3 is 30.7 Å². The maximum Gasteiger partial charge on any atom is 0.251 e. The highest BCUT2D eigenvalue weighted by Crippen LogP contribution is 2.39. The Kier molecular flexibility index (Phi) is 11.9. The summed E-state index contributed by atoms with van der Waals surface area (Å²) >= 11 is 6.14. The summed E-state index contributed by atoms with van der Waals surface area (Å²) in [4.78, 5) is 60.7. The summed E-state index contributed by atoms with van der Waals surface area (Å²) in [6, 6.07) is 23.8. The highest BCUT2D eigenvalue weighted by Gasteiger charge is 2.54. The number of hydrogen-bond acceptors (Lipinski definition) is 6. The van der Waals surface area contributed by atoms with E-state index in [1.807, 2.05) is 61.5 Å². The molecule has 1 unspecified atom stereocenters. The molecule has 0 radical (unpaired) electrons. The first-order valence-corrected chi connectivity index (χ1v) is 18.7. The number of nitrogens with zero attached hydrogens (tertiary/aromatic N) is 3. The van der Waals surface area contributed by atoms with Gasteiger partial charge >= 0.3 is 0 Å². The standard InChI is InChI=1S/C40H49ClN6O4/c1-2-42-26-30-13-17-31(18-14-30)37(49)44-35(25-29-15-19-32(41)20-16-29)38(50)45-23-21-40(22-24-45)39(51)46(28-47(40)34-11-7-4-8-12-34)27-36(48)43-33-9-5-3-6-10-33/h4,7-8,11-20,33,35,42H,2-3,5-6,9-10,21-28H2,1H3,(H,43,48)(H,44,49). The first kappa shape index (κ1) is 36.4. The van der Waals surface area contributed by atoms with Crippen LogP contribution in [-0.4, -0.2) is 83.9 Å². The highest BCUT2D eigenvalue weighted by molar-refractivity contribution is 6.30. The van der Waals surface area contributed by atoms with Crippen LogP contribution in [0.15, 0.2) is 78.9 Å². The van der Waals surface area contributed by atoms with E-state index in [2.05, 4.69) is 20.9 Å². The smallest absolute Gasteiger partial charge is 0.251 e. The topological polar surface area (TPSA) is 114 Å². The Bertz CT molecular complexity index is 1650. The summed E-state index contributed by atoms with van der Waals surface area (Å²) in [5.41, 5.74) is 2.44. The summed E-state index contributed by atoms with van der Waals surface area (Å²) in [7, 11) is 0. The first-order valence-electron chi connectivity index (χ1n) is 18.3. The Hall–Kier alpha value is -4.41. The number of carbonyl (C=O) groups is 4. The third kappa shape index (κ3) is 8.73. The van der Waals surface area contributed by atoms with Crippen molar-refractivity contribution in [2.45, 2.75) is 82.5 Å². The zero-order valence-electron chi connectivity index (χ0n) is 29.4. The van der Waals surface area contributed by atoms with E-state index in [0.717, 1.165) is 49.0 Å². The van der Waals surface area contributed by atoms with Gasteiger partial charge in [0.1, 0.15) is 18.1 Å². The second-order valence-corrected chi connectivity index (χ2v) is 14.4. The fourth-order valence-corrected chi connectivity index (χ4v) is 7.80. The zero-order valence-corrected chi connectivity index (χ0v) is 30.2. The Morgan fingerprint density at radius 1 is 0.882 bits per heavy atom. The van der Waals surface area contributed by atoms with Gasteiger partial charge in [0.15, 0.2) is 0 Å². The van der Waals surface area contributed by atoms with Crippen molar-refractivity contribution in [2.24, 2.45) is 0 Å². The maximum absolute atomic E-state index is 14.3. The molecule has 2 heterocycles. The van der Waals surface area contributed by atoms with Crippen molar-refractivity contribution < 1.29 is 19.2 Å². The molecule has 6 rings (SSSR count). The van der Waals surface area contributed by atoms with Crippen molar-refractivity contribution in [3.05, 3.63) is 101 Å². The van der Waals surface area contributed by atoms with Crippen LogP contribution in [0, 0.1) is 0 Å². The average molecular weight is 713 g/mol. The van der Waals surface area contributed by atoms with Crippen LogP contribution in [0.5, 0.6) is 0 Å². The number of carbonyl (C=O) groups excluding carboxylic acids is 4. The molecule has 1 aliphatic carbocycles. The molecule has 2 saturated heterocycles. The number of benzene rings is 3. The van der Waals surface area contributed by atoms with Gasteiger partial charge in [0.2, 0.25) is 11.8 Å². The lowest BCUT2D eigenvalue weighted by molar-refractivity contribution is -0.140. The number of para-hydroxylation sites is 1. The first-order chi connectivity index (χ1) is 24.8. The fourth-order valence-electron chi connectivity index (χ4n) is 7.67. The monoisotopic (exact) mass is 712 g/mol. The molecule has 3 aromatic rings. The molecule has 3 aliphatic rings. The Labute approximate surface area is 305 Å². The lowest BCUT2D eigenvalue weighted by Crippen LogP contribution is -2.60. The third-order valence-corrected chi connectivity index (χ3v) is 10.8. The summed E-state index contributed by atoms with van der Waals surface area (Å²) in [6.45, 7) is 4.58. The van der Waals surface area contributed by atoms with Gasteiger partial charge in [-0.2, -0.15) is 0 Å². The molecule has 1 atom stereocenters. The number of piperidine rings is 1. The molecule has 2 aliphatic heterocycles. The molecule has 10 nitrogen and oxygen atoms in total. The van der Waals surface area contributed by atoms with E-state index in [0.29, 0.717) is 56.2 Å². The van der Waals surface area contributed by atoms with E-state index in [4.69, 9.17) is 11.6 Å². The van der Waals surface area contributed by atoms with Crippen molar-refractivity contribution in [3.8, 4) is 0 Å². The zero-order chi connectivity index (χ0) is 35.8. The normalized spacial score (nSPS) is 18.2. The molecule has 0 bridgehead atoms. The van der Waals surface area contributed by atoms with Gasteiger partial charge in [-0.25, -0.2) is 0 Å². The molecule has 1 spiro atoms. The van der Waals surface area contributed by atoms with Gasteiger partial charge in [-0.1, -0.05) is 80.3 Å². The van der Waals surface area contributed by atoms with Gasteiger partial charge in [-0.05, 0) is 79.8 Å². The van der Waals surface area contributed by atoms with Crippen LogP contribution in [0.1, 0.15) is 73.4 Å². The predicted octanol–water partition coefficient (Wildman–Crippen LogP) is 4.91. The van der Waals surface area contributed by atoms with E-state index in [1.165, 1.54) is 6.42 Å². The van der Waals surface area contributed by atoms with E-state index in [-0.39, 0.29) is 36.2 Å². The van der Waals surface area contributed by atoms with Gasteiger partial charge in [-0.3, -0.25) is 19.2 Å². The highest BCUT2D eigenvalue weighted by atomic mass is 35.5. The summed E-state index contributed by atoms with van der Waals surface area (Å²) < 4.78 is 0. The van der Waals surface area contributed by atoms with Crippen molar-refractivity contribution in [1.82, 2.24) is 25.8 Å². The Balaban J connectivity index is 1.17. The number of rotatable bonds is 12. The van der Waals surface area contributed by atoms with Crippen LogP contribution in [0.4, 0.5) is 5.69 Å². The molecular weight excluding hydrogens is 664 g/mol. The van der Waals surface area contributed by atoms with Gasteiger partial charge in [0.25, 0.3) is 11.8 Å². The van der Waals surface area contributed by atoms with Gasteiger partial charge in [0.05, 0.1) is 6.67 Å². The summed E-state index contributed by atoms with van der Waals surface area (Å²) in [5, 5.41) is 10.0. The predicted molar refractivity (Wildman–Crippen MR) is 199 cm³/mol. The molecule has 4 amide bonds. The van der Waals surface area contributed by atoms with E-state index in [1.54, 1.807) is 34.1 Å². The SMILES string of the molecule is CCNCc1ccc(C(=O)NC(Cc2ccc(Cl)cc2)C(=O)N2CCC3(CC2)C(=O)N(CC(=O)NC2CCCCC2)CN3c2ccccc2)cc1. The molecule has 3 fully saturated rings. The number of nitrogens with one attached hydrogen (secondary N) is 3. The molecule has 3 N–H and O–H groups in total. The van der Waals surface area contributed by atoms with Gasteiger partial charge in [-0.15, -0.1) is 0 Å². The van der Waals surface area contributed by atoms with Crippen LogP contribution in [0.3, 0.4) is 0 Å². The van der Waals surface area contributed by atoms with E-state index >= 15 is 0 Å². The molecule has 3 aromatic carbocycles. The van der Waals surface area contributed by atoms with Gasteiger partial charge in [0, 0.05) is 48.4 Å². The quantitative estimate of drug-likeness (QED) is 0.246. The second-order valence-electron chi connectivity index (χ2n) is 14.0. The molecule has 11 heteroatoms. The lowest BCUT2D eigenvalue weighted by atomic mass is 9.85. The number of anilines is 1. The summed E-state index contributed by atoms with van der Waals surface area (Å²) in [6.07, 6.45) is 6.48. The Morgan fingerprint density at radius 2 is 1.55 bits per heavy atom. The molecule has 51 heavy (non-hydrogen) atoms. The van der Waals surface area contributed by atoms with Crippen LogP contribution in [-0.2, 0) is 27.3 Å². The van der Waals surface area contributed by atoms with E-state index in [9.17, 15) is 19.2 Å². The maximum atomic E-state index is 14.3. The third-order valence-electron chi connectivity index (χ3n) is 10.5. The minimum atomic E-state index is -0.882. The van der Waals surface area contributed by atoms with Crippen molar-refractivity contribution in [3.63, 3.8) is 0 Å². The largest absolute Gasteiger partial charge is 0.352 e. The Morgan fingerprint density at radius 3 is 2.22 bits per heavy atom. The molecule has 1 saturated carbocycles. The number of hydrogen-bond donors (Lipinski definition) is 3. The second kappa shape index (κ2) is 16.7. The van der Waals surface area contributed by atoms with Crippen LogP contribution >= 0.6 is 11.6 Å². The van der Waals surface area contributed by atoms with Crippen molar-refractivity contribution in [2.75, 3.05) is 37.7 Å². The minimum absolute atomic E-state index is 0.00829. The van der Waals surface area contributed by atoms with Crippen LogP contribution < -0.4 is 20.9 Å². The molecule has 270 valence electrons. The minimum Gasteiger partial charge on any atom is -0.352 e. The average Bonchev–Trinajstić information content (AvgIpc) is 3.41. The number of halogens is 1. The molecule has 0 aromatic heterocycles. The van der Waals surface area contributed by atoms with Crippen molar-refractivity contribution >= 4 is 40.9 Å². The number of amides is 4. The van der Waals surface area contributed by atoms with Crippen LogP contribution in [0.2, 0.25) is 5.02 Å².